The Kier molecular flexibility index (Phi) is 7.94. The summed E-state index contributed by atoms with van der Waals surface area (Å²) >= 11 is 7.34. The average molecular weight is 511 g/mol. The molecule has 3 aromatic rings. The van der Waals surface area contributed by atoms with E-state index in [1.165, 1.54) is 41.1 Å². The van der Waals surface area contributed by atoms with E-state index in [0.29, 0.717) is 12.3 Å². The van der Waals surface area contributed by atoms with Crippen LogP contribution in [0.1, 0.15) is 27.4 Å². The Morgan fingerprint density at radius 3 is 2.29 bits per heavy atom. The van der Waals surface area contributed by atoms with E-state index in [-0.39, 0.29) is 40.5 Å². The van der Waals surface area contributed by atoms with Crippen molar-refractivity contribution >= 4 is 47.0 Å². The third kappa shape index (κ3) is 5.96. The highest BCUT2D eigenvalue weighted by molar-refractivity contribution is 7.99. The Hall–Kier alpha value is -3.49. The summed E-state index contributed by atoms with van der Waals surface area (Å²) in [6, 6.07) is 20.4. The predicted molar refractivity (Wildman–Crippen MR) is 137 cm³/mol. The summed E-state index contributed by atoms with van der Waals surface area (Å²) in [6.07, 6.45) is -0.505. The fraction of sp³-hybridized carbons (Fsp3) is 0.192. The molecule has 0 saturated carbocycles. The van der Waals surface area contributed by atoms with Crippen molar-refractivity contribution in [2.45, 2.75) is 5.92 Å². The number of rotatable bonds is 9. The van der Waals surface area contributed by atoms with Crippen molar-refractivity contribution < 1.29 is 24.2 Å². The van der Waals surface area contributed by atoms with Crippen LogP contribution in [0, 0.1) is 0 Å². The van der Waals surface area contributed by atoms with E-state index in [1.807, 2.05) is 24.3 Å². The summed E-state index contributed by atoms with van der Waals surface area (Å²) in [4.78, 5) is 35.4. The molecule has 2 amide bonds. The van der Waals surface area contributed by atoms with Crippen molar-refractivity contribution in [2.24, 2.45) is 0 Å². The average Bonchev–Trinajstić information content (AvgIpc) is 3.17. The maximum Gasteiger partial charge on any atom is 0.407 e. The zero-order valence-corrected chi connectivity index (χ0v) is 20.2. The Balaban J connectivity index is 1.18. The maximum atomic E-state index is 12.2. The molecule has 7 nitrogen and oxygen atoms in total. The van der Waals surface area contributed by atoms with Crippen molar-refractivity contribution in [1.82, 2.24) is 5.32 Å². The number of halogens is 1. The second kappa shape index (κ2) is 11.3. The molecule has 1 aliphatic rings. The number of benzene rings is 3. The van der Waals surface area contributed by atoms with Crippen molar-refractivity contribution in [3.63, 3.8) is 0 Å². The molecule has 0 aromatic heterocycles. The minimum absolute atomic E-state index is 0.00215. The third-order valence-electron chi connectivity index (χ3n) is 5.58. The van der Waals surface area contributed by atoms with Gasteiger partial charge in [0.1, 0.15) is 6.61 Å². The predicted octanol–water partition coefficient (Wildman–Crippen LogP) is 5.25. The van der Waals surface area contributed by atoms with Gasteiger partial charge in [0.25, 0.3) is 0 Å². The van der Waals surface area contributed by atoms with Crippen LogP contribution in [-0.2, 0) is 9.53 Å². The van der Waals surface area contributed by atoms with Crippen molar-refractivity contribution in [1.29, 1.82) is 0 Å². The highest BCUT2D eigenvalue weighted by atomic mass is 35.5. The molecular formula is C26H23ClN2O5S. The van der Waals surface area contributed by atoms with Gasteiger partial charge in [0, 0.05) is 18.2 Å². The van der Waals surface area contributed by atoms with Crippen LogP contribution in [0.25, 0.3) is 11.1 Å². The second-order valence-corrected chi connectivity index (χ2v) is 9.37. The molecule has 0 fully saturated rings. The topological polar surface area (TPSA) is 105 Å². The van der Waals surface area contributed by atoms with Gasteiger partial charge >= 0.3 is 12.1 Å². The molecule has 0 aliphatic heterocycles. The number of ether oxygens (including phenoxy) is 1. The number of amides is 2. The Morgan fingerprint density at radius 1 is 0.971 bits per heavy atom. The number of hydrogen-bond acceptors (Lipinski definition) is 5. The molecule has 0 heterocycles. The number of carbonyl (C=O) groups is 3. The minimum Gasteiger partial charge on any atom is -0.478 e. The van der Waals surface area contributed by atoms with E-state index in [0.717, 1.165) is 11.1 Å². The molecule has 3 aromatic carbocycles. The van der Waals surface area contributed by atoms with Crippen molar-refractivity contribution in [3.05, 3.63) is 88.4 Å². The standard InChI is InChI=1S/C26H23ClN2O5S/c27-22-10-9-16(25(31)32)13-23(22)29-24(30)15-35-12-11-28-26(33)34-14-21-19-7-3-1-5-17(19)18-6-2-4-8-20(18)21/h1-10,13,21H,11-12,14-15H2,(H,28,33)(H,29,30)(H,31,32). The molecule has 180 valence electrons. The first-order chi connectivity index (χ1) is 16.9. The van der Waals surface area contributed by atoms with Gasteiger partial charge in [-0.05, 0) is 40.5 Å². The Bertz CT molecular complexity index is 1220. The number of carboxylic acids is 1. The number of thioether (sulfide) groups is 1. The molecule has 3 N–H and O–H groups in total. The van der Waals surface area contributed by atoms with Gasteiger partial charge in [0.05, 0.1) is 22.0 Å². The van der Waals surface area contributed by atoms with Gasteiger partial charge in [-0.25, -0.2) is 9.59 Å². The van der Waals surface area contributed by atoms with E-state index in [4.69, 9.17) is 21.4 Å². The first-order valence-electron chi connectivity index (χ1n) is 10.9. The largest absolute Gasteiger partial charge is 0.478 e. The van der Waals surface area contributed by atoms with Gasteiger partial charge in [0.15, 0.2) is 0 Å². The molecule has 1 aliphatic carbocycles. The molecule has 0 spiro atoms. The van der Waals surface area contributed by atoms with Crippen LogP contribution < -0.4 is 10.6 Å². The maximum absolute atomic E-state index is 12.2. The van der Waals surface area contributed by atoms with Gasteiger partial charge in [-0.15, -0.1) is 0 Å². The molecule has 0 saturated heterocycles. The van der Waals surface area contributed by atoms with Gasteiger partial charge in [-0.3, -0.25) is 4.79 Å². The van der Waals surface area contributed by atoms with Crippen molar-refractivity contribution in [3.8, 4) is 11.1 Å². The molecule has 0 radical (unpaired) electrons. The van der Waals surface area contributed by atoms with Crippen LogP contribution in [0.4, 0.5) is 10.5 Å². The quantitative estimate of drug-likeness (QED) is 0.340. The lowest BCUT2D eigenvalue weighted by Gasteiger charge is -2.14. The van der Waals surface area contributed by atoms with E-state index >= 15 is 0 Å². The zero-order valence-electron chi connectivity index (χ0n) is 18.6. The van der Waals surface area contributed by atoms with Crippen LogP contribution >= 0.6 is 23.4 Å². The number of alkyl carbamates (subject to hydrolysis) is 1. The van der Waals surface area contributed by atoms with Gasteiger partial charge in [-0.2, -0.15) is 11.8 Å². The Labute approximate surface area is 211 Å². The van der Waals surface area contributed by atoms with Gasteiger partial charge in [-0.1, -0.05) is 60.1 Å². The first kappa shape index (κ1) is 24.6. The van der Waals surface area contributed by atoms with Crippen LogP contribution in [-0.4, -0.2) is 47.7 Å². The molecule has 9 heteroatoms. The number of fused-ring (bicyclic) bond motifs is 3. The van der Waals surface area contributed by atoms with Crippen LogP contribution in [0.5, 0.6) is 0 Å². The lowest BCUT2D eigenvalue weighted by atomic mass is 9.98. The van der Waals surface area contributed by atoms with E-state index in [2.05, 4.69) is 34.9 Å². The smallest absolute Gasteiger partial charge is 0.407 e. The Morgan fingerprint density at radius 2 is 1.63 bits per heavy atom. The summed E-state index contributed by atoms with van der Waals surface area (Å²) in [5.74, 6) is -0.801. The molecular weight excluding hydrogens is 488 g/mol. The van der Waals surface area contributed by atoms with E-state index in [1.54, 1.807) is 0 Å². The summed E-state index contributed by atoms with van der Waals surface area (Å²) in [7, 11) is 0. The lowest BCUT2D eigenvalue weighted by molar-refractivity contribution is -0.113. The molecule has 0 unspecified atom stereocenters. The fourth-order valence-corrected chi connectivity index (χ4v) is 4.79. The number of carboxylic acid groups (broad SMARTS) is 1. The molecule has 0 bridgehead atoms. The van der Waals surface area contributed by atoms with Gasteiger partial charge < -0.3 is 20.5 Å². The number of carbonyl (C=O) groups excluding carboxylic acids is 2. The zero-order chi connectivity index (χ0) is 24.8. The first-order valence-corrected chi connectivity index (χ1v) is 12.5. The second-order valence-electron chi connectivity index (χ2n) is 7.85. The lowest BCUT2D eigenvalue weighted by Crippen LogP contribution is -2.28. The number of aromatic carboxylic acids is 1. The normalized spacial score (nSPS) is 11.9. The molecule has 0 atom stereocenters. The van der Waals surface area contributed by atoms with E-state index in [9.17, 15) is 14.4 Å². The number of hydrogen-bond donors (Lipinski definition) is 3. The monoisotopic (exact) mass is 510 g/mol. The molecule has 35 heavy (non-hydrogen) atoms. The summed E-state index contributed by atoms with van der Waals surface area (Å²) in [5, 5.41) is 14.6. The van der Waals surface area contributed by atoms with E-state index < -0.39 is 12.1 Å². The summed E-state index contributed by atoms with van der Waals surface area (Å²) in [6.45, 7) is 0.579. The summed E-state index contributed by atoms with van der Waals surface area (Å²) in [5.41, 5.74) is 4.92. The van der Waals surface area contributed by atoms with Gasteiger partial charge in [0.2, 0.25) is 5.91 Å². The van der Waals surface area contributed by atoms with Crippen molar-refractivity contribution in [2.75, 3.05) is 30.0 Å². The number of nitrogens with one attached hydrogen (secondary N) is 2. The SMILES string of the molecule is O=C(CSCCNC(=O)OCC1c2ccccc2-c2ccccc21)Nc1cc(C(=O)O)ccc1Cl. The number of anilines is 1. The minimum atomic E-state index is -1.11. The highest BCUT2D eigenvalue weighted by Gasteiger charge is 2.28. The summed E-state index contributed by atoms with van der Waals surface area (Å²) < 4.78 is 5.49. The van der Waals surface area contributed by atoms with Crippen LogP contribution in [0.15, 0.2) is 66.7 Å². The fourth-order valence-electron chi connectivity index (χ4n) is 3.98. The third-order valence-corrected chi connectivity index (χ3v) is 6.87. The van der Waals surface area contributed by atoms with Crippen LogP contribution in [0.3, 0.4) is 0 Å². The molecule has 4 rings (SSSR count). The van der Waals surface area contributed by atoms with Crippen LogP contribution in [0.2, 0.25) is 5.02 Å². The highest BCUT2D eigenvalue weighted by Crippen LogP contribution is 2.44.